The van der Waals surface area contributed by atoms with Gasteiger partial charge in [-0.3, -0.25) is 28.8 Å². The van der Waals surface area contributed by atoms with E-state index in [1.807, 2.05) is 238 Å². The SMILES string of the molecule is CC(=O)c1ccccc1.CC(C(=O)N(C)c1ccccc1F)c1ccc(Br)cc1.CCOC(=O)C(C)c1ccc(Br)cc1.CCc1ccc(Br)cc1.CCc1ccccc1F.CN1C(=O)C(C)(c2ccc(Br)cc2)c2ccccc21.CN1C(=O)C(C)(c2ccc(CCc3ccccc3)cc2)c2ccccc21.COC(=O)Cc1ccc(Br)cc1.O=C=O. The van der Waals surface area contributed by atoms with Crippen LogP contribution in [-0.4, -0.2) is 76.5 Å². The molecule has 0 aromatic heterocycles. The minimum Gasteiger partial charge on any atom is -0.469 e. The number of Topliss-reactive ketones (excluding diaryl/α,β-unsaturated/α-hetero) is 1. The lowest BCUT2D eigenvalue weighted by Crippen LogP contribution is -2.37. The molecule has 4 atom stereocenters. The lowest BCUT2D eigenvalue weighted by atomic mass is 9.77. The van der Waals surface area contributed by atoms with Crippen LogP contribution in [0.3, 0.4) is 0 Å². The minimum absolute atomic E-state index is 0.0972. The van der Waals surface area contributed by atoms with Gasteiger partial charge in [0.25, 0.3) is 0 Å². The number of halogens is 7. The highest BCUT2D eigenvalue weighted by atomic mass is 79.9. The number of fused-ring (bicyclic) bond motifs is 2. The van der Waals surface area contributed by atoms with Gasteiger partial charge >= 0.3 is 18.1 Å². The Labute approximate surface area is 752 Å². The number of ether oxygens (including phenoxy) is 2. The molecule has 0 aliphatic carbocycles. The van der Waals surface area contributed by atoms with E-state index in [1.165, 1.54) is 40.8 Å². The Morgan fingerprint density at radius 1 is 0.446 bits per heavy atom. The van der Waals surface area contributed by atoms with Crippen LogP contribution < -0.4 is 14.7 Å². The van der Waals surface area contributed by atoms with Gasteiger partial charge in [-0.1, -0.05) is 306 Å². The summed E-state index contributed by atoms with van der Waals surface area (Å²) in [6.45, 7) is 15.6. The molecule has 0 saturated heterocycles. The van der Waals surface area contributed by atoms with Crippen LogP contribution in [0.15, 0.2) is 326 Å². The molecule has 0 saturated carbocycles. The molecule has 0 N–H and O–H groups in total. The molecule has 12 aromatic carbocycles. The Bertz CT molecular complexity index is 5320. The summed E-state index contributed by atoms with van der Waals surface area (Å²) in [4.78, 5) is 92.1. The van der Waals surface area contributed by atoms with Crippen LogP contribution in [0.25, 0.3) is 0 Å². The number of rotatable bonds is 16. The van der Waals surface area contributed by atoms with Crippen LogP contribution in [0.1, 0.15) is 139 Å². The van der Waals surface area contributed by atoms with E-state index in [0.29, 0.717) is 18.7 Å². The van der Waals surface area contributed by atoms with E-state index in [0.717, 1.165) is 109 Å². The number of benzene rings is 12. The zero-order valence-electron chi connectivity index (χ0n) is 69.8. The van der Waals surface area contributed by atoms with Crippen molar-refractivity contribution in [1.82, 2.24) is 0 Å². The first-order valence-corrected chi connectivity index (χ1v) is 43.1. The molecular formula is C101H100Br5F2N3O10. The van der Waals surface area contributed by atoms with Crippen LogP contribution in [0.4, 0.5) is 25.8 Å². The number of ketones is 1. The number of nitrogens with zero attached hydrogens (tertiary/aromatic N) is 3. The lowest BCUT2D eigenvalue weighted by molar-refractivity contribution is -0.191. The number of methoxy groups -OCH3 is 1. The Balaban J connectivity index is 0.000000219. The minimum atomic E-state index is -0.608. The summed E-state index contributed by atoms with van der Waals surface area (Å²) in [5, 5.41) is 0. The van der Waals surface area contributed by atoms with Gasteiger partial charge in [0.15, 0.2) is 5.78 Å². The standard InChI is InChI=1S/C24H23NO.C16H15BrFNO.C16H14BrNO.C11H13BrO2.C9H9BrO2.C8H9Br.C8H9F.C8H8O.CO2/c1-24(21-10-6-7-11-22(21)25(2)23(24)26)20-16-14-19(15-17-20)13-12-18-8-4-3-5-9-18;1-11(12-7-9-13(17)10-8-12)16(20)19(2)15-6-4-3-5-14(15)18;1-16(11-7-9-12(17)10-8-11)13-5-3-4-6-14(13)18(2)15(16)19;1-3-14-11(13)8(2)9-4-6-10(12)7-5-9;1-12-9(11)6-7-2-4-8(10)5-3-7;1-2-7-3-5-8(9)6-4-7;1-2-7-5-3-4-6-8(7)9;1-7(9)8-5-3-2-4-6-8;2-1-3/h3-11,14-17H,12-13H2,1-2H3;3-11H,1-2H3;3-10H,1-2H3;4-8H,3H2,1-2H3;2-5H,6H2,1H3;2*3-6H,2H2,1H3;2-6H,1H3;. The van der Waals surface area contributed by atoms with Gasteiger partial charge in [0.2, 0.25) is 17.7 Å². The van der Waals surface area contributed by atoms with Gasteiger partial charge in [-0.15, -0.1) is 0 Å². The molecule has 14 rings (SSSR count). The molecule has 3 amide bonds. The second kappa shape index (κ2) is 50.5. The van der Waals surface area contributed by atoms with Gasteiger partial charge in [0.1, 0.15) is 11.6 Å². The van der Waals surface area contributed by atoms with Crippen LogP contribution in [0.5, 0.6) is 0 Å². The number of para-hydroxylation sites is 3. The Morgan fingerprint density at radius 2 is 0.802 bits per heavy atom. The van der Waals surface area contributed by atoms with Gasteiger partial charge in [-0.2, -0.15) is 9.59 Å². The summed E-state index contributed by atoms with van der Waals surface area (Å²) in [7, 11) is 6.68. The normalized spacial score (nSPS) is 13.9. The van der Waals surface area contributed by atoms with Crippen molar-refractivity contribution in [1.29, 1.82) is 0 Å². The Morgan fingerprint density at radius 3 is 1.20 bits per heavy atom. The van der Waals surface area contributed by atoms with Crippen molar-refractivity contribution < 1.29 is 56.6 Å². The molecule has 13 nitrogen and oxygen atoms in total. The predicted octanol–water partition coefficient (Wildman–Crippen LogP) is 24.8. The molecule has 121 heavy (non-hydrogen) atoms. The quantitative estimate of drug-likeness (QED) is 0.0671. The molecule has 2 aliphatic rings. The number of likely N-dealkylation sites (N-methyl/N-ethyl adjacent to an activating group) is 3. The van der Waals surface area contributed by atoms with Crippen molar-refractivity contribution in [2.24, 2.45) is 0 Å². The number of anilines is 3. The van der Waals surface area contributed by atoms with Crippen molar-refractivity contribution in [3.05, 3.63) is 404 Å². The fourth-order valence-electron chi connectivity index (χ4n) is 13.0. The van der Waals surface area contributed by atoms with E-state index < -0.39 is 16.6 Å². The highest BCUT2D eigenvalue weighted by Crippen LogP contribution is 2.47. The average Bonchev–Trinajstić information content (AvgIpc) is 1.59. The van der Waals surface area contributed by atoms with E-state index in [4.69, 9.17) is 14.3 Å². The lowest BCUT2D eigenvalue weighted by Gasteiger charge is -2.24. The predicted molar refractivity (Wildman–Crippen MR) is 499 cm³/mol. The topological polar surface area (TPSA) is 165 Å². The van der Waals surface area contributed by atoms with Crippen molar-refractivity contribution in [3.8, 4) is 0 Å². The average molecular weight is 1950 g/mol. The fraction of sp³-hybridized carbons (Fsp3) is 0.218. The third-order valence-corrected chi connectivity index (χ3v) is 22.8. The molecule has 2 heterocycles. The van der Waals surface area contributed by atoms with Gasteiger partial charge < -0.3 is 24.2 Å². The molecule has 20 heteroatoms. The maximum atomic E-state index is 13.7. The first kappa shape index (κ1) is 99.1. The first-order chi connectivity index (χ1) is 57.9. The maximum Gasteiger partial charge on any atom is 0.373 e. The van der Waals surface area contributed by atoms with Gasteiger partial charge in [-0.05, 0) is 219 Å². The number of esters is 2. The summed E-state index contributed by atoms with van der Waals surface area (Å²) >= 11 is 16.8. The molecule has 0 radical (unpaired) electrons. The van der Waals surface area contributed by atoms with E-state index >= 15 is 0 Å². The van der Waals surface area contributed by atoms with E-state index in [-0.39, 0.29) is 59.2 Å². The zero-order chi connectivity index (χ0) is 88.8. The molecular weight excluding hydrogens is 1850 g/mol. The number of carbonyl (C=O) groups excluding carboxylic acids is 8. The maximum absolute atomic E-state index is 13.7. The molecule has 12 aromatic rings. The molecule has 4 unspecified atom stereocenters. The number of hydrogen-bond acceptors (Lipinski definition) is 10. The van der Waals surface area contributed by atoms with E-state index in [2.05, 4.69) is 170 Å². The third-order valence-electron chi connectivity index (χ3n) is 20.2. The highest BCUT2D eigenvalue weighted by molar-refractivity contribution is 9.11. The zero-order valence-corrected chi connectivity index (χ0v) is 77.8. The fourth-order valence-corrected chi connectivity index (χ4v) is 14.3. The molecule has 0 fully saturated rings. The number of aryl methyl sites for hydroxylation is 4. The number of carbonyl (C=O) groups is 6. The van der Waals surface area contributed by atoms with Gasteiger partial charge in [-0.25, -0.2) is 8.78 Å². The molecule has 628 valence electrons. The second-order valence-corrected chi connectivity index (χ2v) is 32.7. The Kier molecular flexibility index (Phi) is 41.4. The summed E-state index contributed by atoms with van der Waals surface area (Å²) in [6.07, 6.45) is 4.51. The van der Waals surface area contributed by atoms with Gasteiger partial charge in [0.05, 0.1) is 48.5 Å². The first-order valence-electron chi connectivity index (χ1n) is 39.1. The Hall–Kier alpha value is -10.7. The van der Waals surface area contributed by atoms with E-state index in [1.54, 1.807) is 54.1 Å². The molecule has 0 bridgehead atoms. The monoisotopic (exact) mass is 1950 g/mol. The van der Waals surface area contributed by atoms with Crippen molar-refractivity contribution >= 4 is 138 Å². The molecule has 0 spiro atoms. The van der Waals surface area contributed by atoms with Crippen LogP contribution >= 0.6 is 79.6 Å². The second-order valence-electron chi connectivity index (χ2n) is 28.2. The van der Waals surface area contributed by atoms with Crippen molar-refractivity contribution in [2.75, 3.05) is 49.6 Å². The number of amides is 3. The number of hydrogen-bond donors (Lipinski definition) is 0. The van der Waals surface area contributed by atoms with Crippen LogP contribution in [0.2, 0.25) is 0 Å². The highest BCUT2D eigenvalue weighted by Gasteiger charge is 2.48. The summed E-state index contributed by atoms with van der Waals surface area (Å²) in [5.41, 5.74) is 13.8. The van der Waals surface area contributed by atoms with Crippen molar-refractivity contribution in [3.63, 3.8) is 0 Å². The molecule has 2 aliphatic heterocycles. The largest absolute Gasteiger partial charge is 0.469 e. The van der Waals surface area contributed by atoms with Crippen LogP contribution in [-0.2, 0) is 86.0 Å². The third kappa shape index (κ3) is 29.3. The van der Waals surface area contributed by atoms with Gasteiger partial charge in [0, 0.05) is 60.4 Å². The summed E-state index contributed by atoms with van der Waals surface area (Å²) in [6, 6.07) is 96.7. The smallest absolute Gasteiger partial charge is 0.373 e. The summed E-state index contributed by atoms with van der Waals surface area (Å²) < 4.78 is 40.9. The van der Waals surface area contributed by atoms with Crippen molar-refractivity contribution in [2.45, 2.75) is 110 Å². The summed E-state index contributed by atoms with van der Waals surface area (Å²) in [5.74, 6) is -1.16. The van der Waals surface area contributed by atoms with Crippen LogP contribution in [0, 0.1) is 11.6 Å². The van der Waals surface area contributed by atoms with E-state index in [9.17, 15) is 37.5 Å².